The Kier molecular flexibility index (Phi) is 9.08. The van der Waals surface area contributed by atoms with Crippen LogP contribution in [0.3, 0.4) is 0 Å². The monoisotopic (exact) mass is 533 g/mol. The lowest BCUT2D eigenvalue weighted by molar-refractivity contribution is -0.130. The predicted octanol–water partition coefficient (Wildman–Crippen LogP) is 2.54. The molecule has 11 heteroatoms. The minimum absolute atomic E-state index is 0.0212. The van der Waals surface area contributed by atoms with Gasteiger partial charge in [0.15, 0.2) is 29.0 Å². The first-order valence-electron chi connectivity index (χ1n) is 11.7. The average Bonchev–Trinajstić information content (AvgIpc) is 3.51. The molecule has 0 spiro atoms. The predicted molar refractivity (Wildman–Crippen MR) is 137 cm³/mol. The van der Waals surface area contributed by atoms with Crippen molar-refractivity contribution in [3.8, 4) is 11.5 Å². The van der Waals surface area contributed by atoms with Gasteiger partial charge in [0.1, 0.15) is 0 Å². The van der Waals surface area contributed by atoms with Crippen molar-refractivity contribution in [3.05, 3.63) is 53.1 Å². The zero-order valence-corrected chi connectivity index (χ0v) is 21.2. The van der Waals surface area contributed by atoms with Gasteiger partial charge in [-0.1, -0.05) is 42.6 Å². The van der Waals surface area contributed by atoms with Gasteiger partial charge < -0.3 is 24.7 Å². The van der Waals surface area contributed by atoms with E-state index < -0.39 is 40.6 Å². The first-order chi connectivity index (χ1) is 17.4. The third kappa shape index (κ3) is 7.13. The Labute approximate surface area is 217 Å². The molecule has 192 valence electrons. The van der Waals surface area contributed by atoms with Gasteiger partial charge in [-0.05, 0) is 47.8 Å². The number of ether oxygens (including phenoxy) is 2. The van der Waals surface area contributed by atoms with Crippen LogP contribution in [0.25, 0.3) is 0 Å². The maximum atomic E-state index is 13.0. The van der Waals surface area contributed by atoms with E-state index >= 15 is 0 Å². The van der Waals surface area contributed by atoms with Gasteiger partial charge in [0.05, 0.1) is 0 Å². The van der Waals surface area contributed by atoms with E-state index in [-0.39, 0.29) is 25.1 Å². The van der Waals surface area contributed by atoms with E-state index in [2.05, 4.69) is 16.0 Å². The van der Waals surface area contributed by atoms with Crippen molar-refractivity contribution in [1.29, 1.82) is 0 Å². The number of nitrogens with one attached hydrogen (secondary N) is 3. The van der Waals surface area contributed by atoms with Gasteiger partial charge in [0.25, 0.3) is 5.91 Å². The Morgan fingerprint density at radius 3 is 2.58 bits per heavy atom. The molecule has 4 rings (SSSR count). The summed E-state index contributed by atoms with van der Waals surface area (Å²) >= 11 is 4.40. The molecule has 9 nitrogen and oxygen atoms in total. The van der Waals surface area contributed by atoms with Crippen LogP contribution in [0, 0.1) is 0 Å². The third-order valence-electron chi connectivity index (χ3n) is 5.99. The van der Waals surface area contributed by atoms with Crippen LogP contribution in [0.15, 0.2) is 42.5 Å². The molecule has 0 saturated heterocycles. The maximum absolute atomic E-state index is 13.0. The first-order valence-corrected chi connectivity index (χ1v) is 13.6. The Balaban J connectivity index is 1.34. The molecule has 2 atom stereocenters. The SMILES string of the molecule is O=C(C[S+]([O-])CC(=O)C(NCc1ccccc1Cl)C(=O)NC1CCCC1)Nc1ccc2c(c1)OCO2. The number of rotatable bonds is 11. The number of hydrogen-bond acceptors (Lipinski definition) is 7. The summed E-state index contributed by atoms with van der Waals surface area (Å²) in [5, 5.41) is 9.04. The summed E-state index contributed by atoms with van der Waals surface area (Å²) in [6, 6.07) is 10.8. The summed E-state index contributed by atoms with van der Waals surface area (Å²) in [7, 11) is 0. The van der Waals surface area contributed by atoms with Gasteiger partial charge in [-0.3, -0.25) is 19.7 Å². The number of Topliss-reactive ketones (excluding diaryl/α,β-unsaturated/α-hetero) is 1. The molecule has 2 aliphatic rings. The van der Waals surface area contributed by atoms with E-state index in [1.165, 1.54) is 0 Å². The Hall–Kier alpha value is -2.79. The summed E-state index contributed by atoms with van der Waals surface area (Å²) in [4.78, 5) is 38.4. The number of carbonyl (C=O) groups excluding carboxylic acids is 3. The molecule has 2 amide bonds. The third-order valence-corrected chi connectivity index (χ3v) is 7.55. The van der Waals surface area contributed by atoms with Crippen LogP contribution >= 0.6 is 11.6 Å². The quantitative estimate of drug-likeness (QED) is 0.299. The van der Waals surface area contributed by atoms with E-state index in [0.29, 0.717) is 22.2 Å². The second-order valence-corrected chi connectivity index (χ2v) is 10.6. The molecule has 2 aromatic carbocycles. The zero-order chi connectivity index (χ0) is 25.5. The standard InChI is InChI=1S/C25H28ClN3O6S/c26-19-8-4-1-5-16(19)12-27-24(25(32)29-17-6-2-3-7-17)20(30)13-36(33)14-23(31)28-18-9-10-21-22(11-18)35-15-34-21/h1,4-5,8-11,17,24,27H,2-3,6-7,12-15H2,(H,28,31)(H,29,32). The van der Waals surface area contributed by atoms with Crippen molar-refractivity contribution in [2.75, 3.05) is 23.6 Å². The van der Waals surface area contributed by atoms with Crippen molar-refractivity contribution in [3.63, 3.8) is 0 Å². The zero-order valence-electron chi connectivity index (χ0n) is 19.6. The summed E-state index contributed by atoms with van der Waals surface area (Å²) in [6.07, 6.45) is 3.78. The summed E-state index contributed by atoms with van der Waals surface area (Å²) < 4.78 is 23.2. The van der Waals surface area contributed by atoms with Crippen molar-refractivity contribution >= 4 is 46.1 Å². The fourth-order valence-corrected chi connectivity index (χ4v) is 5.33. The number of ketones is 1. The molecular formula is C25H28ClN3O6S. The van der Waals surface area contributed by atoms with E-state index in [1.54, 1.807) is 36.4 Å². The second kappa shape index (κ2) is 12.4. The highest BCUT2D eigenvalue weighted by Gasteiger charge is 2.32. The van der Waals surface area contributed by atoms with Gasteiger partial charge in [0.2, 0.25) is 18.5 Å². The van der Waals surface area contributed by atoms with Gasteiger partial charge in [-0.2, -0.15) is 0 Å². The van der Waals surface area contributed by atoms with E-state index in [4.69, 9.17) is 21.1 Å². The molecule has 0 radical (unpaired) electrons. The molecular weight excluding hydrogens is 506 g/mol. The molecule has 3 N–H and O–H groups in total. The van der Waals surface area contributed by atoms with Crippen LogP contribution in [0.5, 0.6) is 11.5 Å². The highest BCUT2D eigenvalue weighted by atomic mass is 35.5. The fraction of sp³-hybridized carbons (Fsp3) is 0.400. The van der Waals surface area contributed by atoms with Crippen molar-refractivity contribution in [1.82, 2.24) is 10.6 Å². The molecule has 0 bridgehead atoms. The normalized spacial score (nSPS) is 16.4. The molecule has 2 aromatic rings. The first kappa shape index (κ1) is 26.3. The smallest absolute Gasteiger partial charge is 0.274 e. The van der Waals surface area contributed by atoms with E-state index in [9.17, 15) is 18.9 Å². The highest BCUT2D eigenvalue weighted by Crippen LogP contribution is 2.34. The Bertz CT molecular complexity index is 1110. The lowest BCUT2D eigenvalue weighted by Crippen LogP contribution is -2.53. The molecule has 1 fully saturated rings. The number of amides is 2. The second-order valence-electron chi connectivity index (χ2n) is 8.71. The van der Waals surface area contributed by atoms with Crippen LogP contribution in [0.2, 0.25) is 5.02 Å². The molecule has 1 aliphatic heterocycles. The minimum Gasteiger partial charge on any atom is -0.616 e. The van der Waals surface area contributed by atoms with Crippen LogP contribution in [0.1, 0.15) is 31.2 Å². The molecule has 2 unspecified atom stereocenters. The van der Waals surface area contributed by atoms with Gasteiger partial charge in [-0.25, -0.2) is 0 Å². The Morgan fingerprint density at radius 1 is 1.06 bits per heavy atom. The number of fused-ring (bicyclic) bond motifs is 1. The highest BCUT2D eigenvalue weighted by molar-refractivity contribution is 7.92. The number of halogens is 1. The van der Waals surface area contributed by atoms with Crippen molar-refractivity contribution in [2.24, 2.45) is 0 Å². The molecule has 1 heterocycles. The molecule has 1 aliphatic carbocycles. The number of anilines is 1. The van der Waals surface area contributed by atoms with Gasteiger partial charge >= 0.3 is 0 Å². The summed E-state index contributed by atoms with van der Waals surface area (Å²) in [5.41, 5.74) is 1.19. The average molecular weight is 534 g/mol. The molecule has 0 aromatic heterocycles. The van der Waals surface area contributed by atoms with Gasteiger partial charge in [0, 0.05) is 29.4 Å². The van der Waals surface area contributed by atoms with Gasteiger partial charge in [-0.15, -0.1) is 0 Å². The summed E-state index contributed by atoms with van der Waals surface area (Å²) in [5.74, 6) is -1.27. The van der Waals surface area contributed by atoms with E-state index in [0.717, 1.165) is 31.2 Å². The number of carbonyl (C=O) groups is 3. The van der Waals surface area contributed by atoms with Crippen LogP contribution in [-0.4, -0.2) is 52.5 Å². The largest absolute Gasteiger partial charge is 0.616 e. The maximum Gasteiger partial charge on any atom is 0.274 e. The lowest BCUT2D eigenvalue weighted by Gasteiger charge is -2.21. The lowest BCUT2D eigenvalue weighted by atomic mass is 10.1. The van der Waals surface area contributed by atoms with Crippen molar-refractivity contribution in [2.45, 2.75) is 44.3 Å². The number of benzene rings is 2. The van der Waals surface area contributed by atoms with Crippen LogP contribution < -0.4 is 25.4 Å². The topological polar surface area (TPSA) is 129 Å². The van der Waals surface area contributed by atoms with E-state index in [1.807, 2.05) is 6.07 Å². The number of hydrogen-bond donors (Lipinski definition) is 3. The van der Waals surface area contributed by atoms with Crippen LogP contribution in [-0.2, 0) is 32.1 Å². The Morgan fingerprint density at radius 2 is 1.81 bits per heavy atom. The van der Waals surface area contributed by atoms with Crippen molar-refractivity contribution < 1.29 is 28.4 Å². The minimum atomic E-state index is -1.81. The molecule has 1 saturated carbocycles. The summed E-state index contributed by atoms with van der Waals surface area (Å²) in [6.45, 7) is 0.296. The van der Waals surface area contributed by atoms with Crippen LogP contribution in [0.4, 0.5) is 5.69 Å². The molecule has 36 heavy (non-hydrogen) atoms. The fourth-order valence-electron chi connectivity index (χ4n) is 4.17.